The molecular formula is C15H13BrN2O2S. The lowest BCUT2D eigenvalue weighted by molar-refractivity contribution is 0.111. The van der Waals surface area contributed by atoms with E-state index in [-0.39, 0.29) is 0 Å². The van der Waals surface area contributed by atoms with Gasteiger partial charge in [0.1, 0.15) is 5.75 Å². The van der Waals surface area contributed by atoms with Crippen molar-refractivity contribution in [1.82, 2.24) is 9.38 Å². The van der Waals surface area contributed by atoms with E-state index in [1.165, 1.54) is 11.3 Å². The van der Waals surface area contributed by atoms with Crippen LogP contribution in [0.5, 0.6) is 11.6 Å². The molecule has 0 aliphatic rings. The molecule has 2 heterocycles. The van der Waals surface area contributed by atoms with E-state index < -0.39 is 0 Å². The molecule has 21 heavy (non-hydrogen) atoms. The van der Waals surface area contributed by atoms with Gasteiger partial charge in [0.2, 0.25) is 5.88 Å². The van der Waals surface area contributed by atoms with Gasteiger partial charge in [-0.2, -0.15) is 4.98 Å². The molecule has 0 aliphatic carbocycles. The number of aromatic nitrogens is 2. The van der Waals surface area contributed by atoms with E-state index in [1.807, 2.05) is 29.8 Å². The first-order valence-corrected chi connectivity index (χ1v) is 8.15. The molecular weight excluding hydrogens is 352 g/mol. The molecule has 0 saturated carbocycles. The first kappa shape index (κ1) is 14.3. The van der Waals surface area contributed by atoms with Crippen molar-refractivity contribution < 1.29 is 9.53 Å². The molecule has 0 atom stereocenters. The summed E-state index contributed by atoms with van der Waals surface area (Å²) in [5, 5.41) is 1.89. The number of imidazole rings is 1. The lowest BCUT2D eigenvalue weighted by atomic mass is 10.0. The Bertz CT molecular complexity index is 807. The van der Waals surface area contributed by atoms with Crippen molar-refractivity contribution >= 4 is 38.5 Å². The normalized spacial score (nSPS) is 11.2. The van der Waals surface area contributed by atoms with E-state index >= 15 is 0 Å². The standard InChI is InChI=1S/C15H13BrN2O2S/c1-9(2)11-7-10(16)3-4-13(11)20-14-12(8-19)18-5-6-21-15(18)17-14/h3-9H,1-2H3. The third-order valence-corrected chi connectivity index (χ3v) is 4.43. The van der Waals surface area contributed by atoms with Crippen molar-refractivity contribution in [3.8, 4) is 11.6 Å². The molecule has 0 radical (unpaired) electrons. The number of halogens is 1. The average Bonchev–Trinajstić information content (AvgIpc) is 3.00. The van der Waals surface area contributed by atoms with Crippen LogP contribution in [0.1, 0.15) is 35.8 Å². The number of thiazole rings is 1. The number of carbonyl (C=O) groups is 1. The molecule has 0 unspecified atom stereocenters. The fraction of sp³-hybridized carbons (Fsp3) is 0.200. The van der Waals surface area contributed by atoms with Gasteiger partial charge in [0.25, 0.3) is 0 Å². The molecule has 6 heteroatoms. The van der Waals surface area contributed by atoms with E-state index in [1.54, 1.807) is 4.40 Å². The minimum Gasteiger partial charge on any atom is -0.437 e. The van der Waals surface area contributed by atoms with Crippen LogP contribution in [0.2, 0.25) is 0 Å². The second-order valence-electron chi connectivity index (χ2n) is 4.91. The number of carbonyl (C=O) groups excluding carboxylic acids is 1. The number of benzene rings is 1. The van der Waals surface area contributed by atoms with Gasteiger partial charge in [-0.3, -0.25) is 9.20 Å². The SMILES string of the molecule is CC(C)c1cc(Br)ccc1Oc1nc2sccn2c1C=O. The van der Waals surface area contributed by atoms with E-state index in [4.69, 9.17) is 4.74 Å². The number of fused-ring (bicyclic) bond motifs is 1. The number of aldehydes is 1. The summed E-state index contributed by atoms with van der Waals surface area (Å²) in [5.41, 5.74) is 1.50. The fourth-order valence-electron chi connectivity index (χ4n) is 2.13. The largest absolute Gasteiger partial charge is 0.437 e. The quantitative estimate of drug-likeness (QED) is 0.619. The van der Waals surface area contributed by atoms with Gasteiger partial charge in [0.15, 0.2) is 16.9 Å². The molecule has 0 spiro atoms. The predicted molar refractivity (Wildman–Crippen MR) is 86.8 cm³/mol. The maximum Gasteiger partial charge on any atom is 0.250 e. The maximum absolute atomic E-state index is 11.3. The Hall–Kier alpha value is -1.66. The van der Waals surface area contributed by atoms with Crippen LogP contribution in [0.15, 0.2) is 34.2 Å². The summed E-state index contributed by atoms with van der Waals surface area (Å²) in [7, 11) is 0. The van der Waals surface area contributed by atoms with Crippen molar-refractivity contribution in [2.24, 2.45) is 0 Å². The second-order valence-corrected chi connectivity index (χ2v) is 6.70. The molecule has 0 bridgehead atoms. The molecule has 4 nitrogen and oxygen atoms in total. The van der Waals surface area contributed by atoms with E-state index in [9.17, 15) is 4.79 Å². The van der Waals surface area contributed by atoms with Crippen molar-refractivity contribution in [2.75, 3.05) is 0 Å². The summed E-state index contributed by atoms with van der Waals surface area (Å²) in [4.78, 5) is 16.4. The Morgan fingerprint density at radius 3 is 2.95 bits per heavy atom. The van der Waals surface area contributed by atoms with Crippen LogP contribution >= 0.6 is 27.3 Å². The maximum atomic E-state index is 11.3. The van der Waals surface area contributed by atoms with Crippen molar-refractivity contribution in [3.05, 3.63) is 45.5 Å². The predicted octanol–water partition coefficient (Wildman–Crippen LogP) is 4.89. The highest BCUT2D eigenvalue weighted by Crippen LogP contribution is 2.34. The Labute approximate surface area is 134 Å². The number of nitrogens with zero attached hydrogens (tertiary/aromatic N) is 2. The van der Waals surface area contributed by atoms with Gasteiger partial charge in [0, 0.05) is 16.0 Å². The lowest BCUT2D eigenvalue weighted by Gasteiger charge is -2.13. The zero-order valence-electron chi connectivity index (χ0n) is 11.5. The summed E-state index contributed by atoms with van der Waals surface area (Å²) >= 11 is 4.94. The van der Waals surface area contributed by atoms with Crippen LogP contribution in [-0.4, -0.2) is 15.7 Å². The number of rotatable bonds is 4. The number of ether oxygens (including phenoxy) is 1. The third kappa shape index (κ3) is 2.61. The minimum absolute atomic E-state index is 0.306. The smallest absolute Gasteiger partial charge is 0.250 e. The van der Waals surface area contributed by atoms with Gasteiger partial charge in [-0.1, -0.05) is 29.8 Å². The molecule has 2 aromatic heterocycles. The highest BCUT2D eigenvalue weighted by molar-refractivity contribution is 9.10. The van der Waals surface area contributed by atoms with Gasteiger partial charge < -0.3 is 4.74 Å². The van der Waals surface area contributed by atoms with Gasteiger partial charge >= 0.3 is 0 Å². The molecule has 1 aromatic carbocycles. The molecule has 108 valence electrons. The molecule has 0 saturated heterocycles. The summed E-state index contributed by atoms with van der Waals surface area (Å²) in [6, 6.07) is 5.83. The summed E-state index contributed by atoms with van der Waals surface area (Å²) in [6.45, 7) is 4.20. The topological polar surface area (TPSA) is 43.6 Å². The van der Waals surface area contributed by atoms with Crippen LogP contribution in [-0.2, 0) is 0 Å². The number of hydrogen-bond acceptors (Lipinski definition) is 4. The molecule has 3 aromatic rings. The second kappa shape index (κ2) is 5.61. The van der Waals surface area contributed by atoms with Crippen LogP contribution in [0, 0.1) is 0 Å². The van der Waals surface area contributed by atoms with E-state index in [2.05, 4.69) is 34.8 Å². The Morgan fingerprint density at radius 1 is 1.43 bits per heavy atom. The van der Waals surface area contributed by atoms with Gasteiger partial charge in [-0.15, -0.1) is 11.3 Å². The fourth-order valence-corrected chi connectivity index (χ4v) is 3.22. The first-order valence-electron chi connectivity index (χ1n) is 6.48. The zero-order valence-corrected chi connectivity index (χ0v) is 13.9. The summed E-state index contributed by atoms with van der Waals surface area (Å²) in [6.07, 6.45) is 2.59. The third-order valence-electron chi connectivity index (χ3n) is 3.18. The molecule has 0 N–H and O–H groups in total. The Kier molecular flexibility index (Phi) is 3.82. The van der Waals surface area contributed by atoms with Gasteiger partial charge in [0.05, 0.1) is 0 Å². The highest BCUT2D eigenvalue weighted by atomic mass is 79.9. The zero-order chi connectivity index (χ0) is 15.0. The Morgan fingerprint density at radius 2 is 2.24 bits per heavy atom. The molecule has 0 amide bonds. The van der Waals surface area contributed by atoms with E-state index in [0.717, 1.165) is 27.0 Å². The van der Waals surface area contributed by atoms with Gasteiger partial charge in [-0.25, -0.2) is 0 Å². The van der Waals surface area contributed by atoms with E-state index in [0.29, 0.717) is 17.5 Å². The highest BCUT2D eigenvalue weighted by Gasteiger charge is 2.17. The molecule has 0 aliphatic heterocycles. The summed E-state index contributed by atoms with van der Waals surface area (Å²) in [5.74, 6) is 1.38. The molecule has 3 rings (SSSR count). The first-order chi connectivity index (χ1) is 10.1. The average molecular weight is 365 g/mol. The lowest BCUT2D eigenvalue weighted by Crippen LogP contribution is -1.97. The number of hydrogen-bond donors (Lipinski definition) is 0. The van der Waals surface area contributed by atoms with Crippen LogP contribution < -0.4 is 4.74 Å². The van der Waals surface area contributed by atoms with Crippen LogP contribution in [0.4, 0.5) is 0 Å². The minimum atomic E-state index is 0.306. The van der Waals surface area contributed by atoms with Crippen molar-refractivity contribution in [3.63, 3.8) is 0 Å². The van der Waals surface area contributed by atoms with Crippen LogP contribution in [0.25, 0.3) is 4.96 Å². The Balaban J connectivity index is 2.06. The van der Waals surface area contributed by atoms with Crippen molar-refractivity contribution in [1.29, 1.82) is 0 Å². The monoisotopic (exact) mass is 364 g/mol. The summed E-state index contributed by atoms with van der Waals surface area (Å²) < 4.78 is 8.65. The molecule has 0 fully saturated rings. The van der Waals surface area contributed by atoms with Crippen LogP contribution in [0.3, 0.4) is 0 Å². The van der Waals surface area contributed by atoms with Gasteiger partial charge in [-0.05, 0) is 29.7 Å². The van der Waals surface area contributed by atoms with Crippen molar-refractivity contribution in [2.45, 2.75) is 19.8 Å².